The van der Waals surface area contributed by atoms with E-state index < -0.39 is 0 Å². The van der Waals surface area contributed by atoms with Gasteiger partial charge < -0.3 is 20.0 Å². The molecule has 6 heteroatoms. The lowest BCUT2D eigenvalue weighted by molar-refractivity contribution is 0.778. The molecule has 0 unspecified atom stereocenters. The molecule has 29 heavy (non-hydrogen) atoms. The zero-order valence-corrected chi connectivity index (χ0v) is 17.3. The van der Waals surface area contributed by atoms with Gasteiger partial charge in [-0.3, -0.25) is 4.99 Å². The van der Waals surface area contributed by atoms with Crippen LogP contribution in [0.5, 0.6) is 0 Å². The van der Waals surface area contributed by atoms with Crippen LogP contribution in [0, 0.1) is 13.8 Å². The monoisotopic (exact) mass is 388 g/mol. The van der Waals surface area contributed by atoms with E-state index in [1.807, 2.05) is 12.3 Å². The van der Waals surface area contributed by atoms with Crippen LogP contribution in [0.3, 0.4) is 0 Å². The number of benzene rings is 1. The summed E-state index contributed by atoms with van der Waals surface area (Å²) in [7, 11) is 1.81. The maximum Gasteiger partial charge on any atom is 0.190 e. The third kappa shape index (κ3) is 4.11. The number of fused-ring (bicyclic) bond motifs is 2. The molecule has 4 rings (SSSR count). The van der Waals surface area contributed by atoms with Crippen molar-refractivity contribution in [2.75, 3.05) is 20.1 Å². The van der Waals surface area contributed by atoms with Crippen molar-refractivity contribution >= 4 is 22.5 Å². The van der Waals surface area contributed by atoms with E-state index in [0.29, 0.717) is 0 Å². The summed E-state index contributed by atoms with van der Waals surface area (Å²) in [5.74, 6) is 0.822. The molecule has 0 atom stereocenters. The Hall–Kier alpha value is -3.28. The van der Waals surface area contributed by atoms with Crippen LogP contribution in [0.25, 0.3) is 16.6 Å². The number of hydrogen-bond acceptors (Lipinski definition) is 2. The highest BCUT2D eigenvalue weighted by molar-refractivity contribution is 5.84. The third-order valence-corrected chi connectivity index (χ3v) is 5.32. The zero-order valence-electron chi connectivity index (χ0n) is 17.3. The average molecular weight is 389 g/mol. The van der Waals surface area contributed by atoms with Crippen LogP contribution in [-0.2, 0) is 12.8 Å². The molecule has 0 saturated carbocycles. The van der Waals surface area contributed by atoms with Gasteiger partial charge in [0.25, 0.3) is 0 Å². The van der Waals surface area contributed by atoms with E-state index in [-0.39, 0.29) is 0 Å². The summed E-state index contributed by atoms with van der Waals surface area (Å²) in [6.45, 7) is 5.84. The fraction of sp³-hybridized carbons (Fsp3) is 0.304. The summed E-state index contributed by atoms with van der Waals surface area (Å²) in [4.78, 5) is 12.5. The first-order valence-electron chi connectivity index (χ1n) is 10.1. The molecular weight excluding hydrogens is 360 g/mol. The number of imidazole rings is 1. The third-order valence-electron chi connectivity index (χ3n) is 5.32. The van der Waals surface area contributed by atoms with Crippen LogP contribution in [0.2, 0.25) is 0 Å². The van der Waals surface area contributed by atoms with Crippen molar-refractivity contribution in [2.45, 2.75) is 26.7 Å². The van der Waals surface area contributed by atoms with E-state index >= 15 is 0 Å². The predicted molar refractivity (Wildman–Crippen MR) is 120 cm³/mol. The van der Waals surface area contributed by atoms with Crippen molar-refractivity contribution in [3.63, 3.8) is 0 Å². The molecule has 3 heterocycles. The molecule has 0 aliphatic rings. The van der Waals surface area contributed by atoms with Crippen molar-refractivity contribution in [1.29, 1.82) is 0 Å². The number of pyridine rings is 1. The Balaban J connectivity index is 1.29. The van der Waals surface area contributed by atoms with Gasteiger partial charge in [-0.2, -0.15) is 0 Å². The van der Waals surface area contributed by atoms with Crippen LogP contribution >= 0.6 is 0 Å². The Labute approximate surface area is 171 Å². The molecule has 0 aliphatic heterocycles. The Bertz CT molecular complexity index is 1150. The van der Waals surface area contributed by atoms with Gasteiger partial charge in [-0.25, -0.2) is 4.98 Å². The van der Waals surface area contributed by atoms with Gasteiger partial charge in [0.05, 0.1) is 5.69 Å². The second kappa shape index (κ2) is 8.39. The SMILES string of the molecule is CN=C(NCCc1cn2cccc(C)c2n1)NCCc1c(C)[nH]c2ccccc12. The molecule has 0 radical (unpaired) electrons. The highest BCUT2D eigenvalue weighted by Crippen LogP contribution is 2.21. The lowest BCUT2D eigenvalue weighted by atomic mass is 10.1. The first-order chi connectivity index (χ1) is 14.2. The molecule has 0 amide bonds. The smallest absolute Gasteiger partial charge is 0.190 e. The molecule has 0 aliphatic carbocycles. The minimum atomic E-state index is 0.786. The molecule has 3 aromatic heterocycles. The van der Waals surface area contributed by atoms with E-state index in [1.54, 1.807) is 7.05 Å². The second-order valence-electron chi connectivity index (χ2n) is 7.35. The number of aromatic nitrogens is 3. The quantitative estimate of drug-likeness (QED) is 0.350. The van der Waals surface area contributed by atoms with Crippen LogP contribution in [0.15, 0.2) is 53.8 Å². The topological polar surface area (TPSA) is 69.5 Å². The number of hydrogen-bond donors (Lipinski definition) is 3. The molecule has 3 N–H and O–H groups in total. The number of aromatic amines is 1. The highest BCUT2D eigenvalue weighted by atomic mass is 15.2. The van der Waals surface area contributed by atoms with Crippen LogP contribution in [0.4, 0.5) is 0 Å². The number of guanidine groups is 1. The van der Waals surface area contributed by atoms with Gasteiger partial charge in [-0.05, 0) is 43.5 Å². The van der Waals surface area contributed by atoms with Gasteiger partial charge in [-0.1, -0.05) is 24.3 Å². The van der Waals surface area contributed by atoms with Gasteiger partial charge in [0.15, 0.2) is 5.96 Å². The Morgan fingerprint density at radius 1 is 1.07 bits per heavy atom. The largest absolute Gasteiger partial charge is 0.358 e. The van der Waals surface area contributed by atoms with Crippen molar-refractivity contribution in [3.05, 3.63) is 71.3 Å². The standard InChI is InChI=1S/C23H28N6/c1-16-7-6-14-29-15-18(28-22(16)29)10-12-25-23(24-3)26-13-11-19-17(2)27-21-9-5-4-8-20(19)21/h4-9,14-15,27H,10-13H2,1-3H3,(H2,24,25,26). The number of nitrogens with one attached hydrogen (secondary N) is 3. The molecular formula is C23H28N6. The Morgan fingerprint density at radius 3 is 2.66 bits per heavy atom. The summed E-state index contributed by atoms with van der Waals surface area (Å²) in [5.41, 5.74) is 7.10. The number of para-hydroxylation sites is 1. The number of rotatable bonds is 6. The maximum absolute atomic E-state index is 4.73. The molecule has 4 aromatic rings. The van der Waals surface area contributed by atoms with Crippen molar-refractivity contribution in [2.24, 2.45) is 4.99 Å². The van der Waals surface area contributed by atoms with E-state index in [2.05, 4.69) is 75.4 Å². The summed E-state index contributed by atoms with van der Waals surface area (Å²) in [6.07, 6.45) is 5.94. The first-order valence-corrected chi connectivity index (χ1v) is 10.1. The predicted octanol–water partition coefficient (Wildman–Crippen LogP) is 3.38. The molecule has 150 valence electrons. The number of aryl methyl sites for hydroxylation is 2. The van der Waals surface area contributed by atoms with E-state index in [1.165, 1.54) is 27.7 Å². The summed E-state index contributed by atoms with van der Waals surface area (Å²) in [6, 6.07) is 12.6. The van der Waals surface area contributed by atoms with Crippen molar-refractivity contribution < 1.29 is 0 Å². The molecule has 6 nitrogen and oxygen atoms in total. The number of nitrogens with zero attached hydrogens (tertiary/aromatic N) is 3. The number of H-pyrrole nitrogens is 1. The van der Waals surface area contributed by atoms with E-state index in [4.69, 9.17) is 4.98 Å². The molecule has 0 bridgehead atoms. The second-order valence-corrected chi connectivity index (χ2v) is 7.35. The van der Waals surface area contributed by atoms with Gasteiger partial charge in [0.1, 0.15) is 5.65 Å². The minimum Gasteiger partial charge on any atom is -0.358 e. The summed E-state index contributed by atoms with van der Waals surface area (Å²) < 4.78 is 2.08. The average Bonchev–Trinajstić information content (AvgIpc) is 3.28. The van der Waals surface area contributed by atoms with Gasteiger partial charge in [0, 0.05) is 55.5 Å². The normalized spacial score (nSPS) is 12.0. The van der Waals surface area contributed by atoms with Crippen molar-refractivity contribution in [1.82, 2.24) is 25.0 Å². The minimum absolute atomic E-state index is 0.786. The fourth-order valence-corrected chi connectivity index (χ4v) is 3.82. The van der Waals surface area contributed by atoms with Crippen LogP contribution in [-0.4, -0.2) is 40.5 Å². The fourth-order valence-electron chi connectivity index (χ4n) is 3.82. The molecule has 1 aromatic carbocycles. The Morgan fingerprint density at radius 2 is 1.86 bits per heavy atom. The summed E-state index contributed by atoms with van der Waals surface area (Å²) in [5, 5.41) is 8.11. The van der Waals surface area contributed by atoms with Crippen LogP contribution in [0.1, 0.15) is 22.5 Å². The summed E-state index contributed by atoms with van der Waals surface area (Å²) >= 11 is 0. The highest BCUT2D eigenvalue weighted by Gasteiger charge is 2.08. The van der Waals surface area contributed by atoms with Crippen molar-refractivity contribution in [3.8, 4) is 0 Å². The van der Waals surface area contributed by atoms with Gasteiger partial charge in [0.2, 0.25) is 0 Å². The van der Waals surface area contributed by atoms with Gasteiger partial charge in [-0.15, -0.1) is 0 Å². The lowest BCUT2D eigenvalue weighted by Gasteiger charge is -2.11. The molecule has 0 fully saturated rings. The zero-order chi connectivity index (χ0) is 20.2. The first kappa shape index (κ1) is 19.1. The lowest BCUT2D eigenvalue weighted by Crippen LogP contribution is -2.39. The Kier molecular flexibility index (Phi) is 5.51. The van der Waals surface area contributed by atoms with Gasteiger partial charge >= 0.3 is 0 Å². The molecule has 0 spiro atoms. The van der Waals surface area contributed by atoms with Crippen LogP contribution < -0.4 is 10.6 Å². The van der Waals surface area contributed by atoms with E-state index in [9.17, 15) is 0 Å². The number of aliphatic imine (C=N–C) groups is 1. The maximum atomic E-state index is 4.73. The van der Waals surface area contributed by atoms with E-state index in [0.717, 1.165) is 43.2 Å². The molecule has 0 saturated heterocycles.